The fourth-order valence-corrected chi connectivity index (χ4v) is 2.83. The van der Waals surface area contributed by atoms with Crippen molar-refractivity contribution in [3.63, 3.8) is 0 Å². The van der Waals surface area contributed by atoms with E-state index >= 15 is 0 Å². The Morgan fingerprint density at radius 1 is 1.44 bits per heavy atom. The number of likely N-dealkylation sites (N-methyl/N-ethyl adjacent to an activating group) is 1. The molecule has 0 aliphatic carbocycles. The van der Waals surface area contributed by atoms with Gasteiger partial charge in [0, 0.05) is 37.3 Å². The van der Waals surface area contributed by atoms with Crippen LogP contribution in [0, 0.1) is 6.92 Å². The second-order valence-electron chi connectivity index (χ2n) is 4.48. The first-order chi connectivity index (χ1) is 8.38. The maximum absolute atomic E-state index is 10.9. The molecule has 7 heteroatoms. The van der Waals surface area contributed by atoms with Gasteiger partial charge in [-0.15, -0.1) is 11.3 Å². The molecule has 1 aromatic rings. The molecule has 0 unspecified atom stereocenters. The van der Waals surface area contributed by atoms with Crippen molar-refractivity contribution in [3.05, 3.63) is 16.1 Å². The summed E-state index contributed by atoms with van der Waals surface area (Å²) in [7, 11) is -0.801. The van der Waals surface area contributed by atoms with Crippen LogP contribution in [0.25, 0.3) is 0 Å². The molecular weight excluding hydrogens is 270 g/mol. The largest absolute Gasteiger partial charge is 0.314 e. The van der Waals surface area contributed by atoms with Gasteiger partial charge in [-0.05, 0) is 14.0 Å². The van der Waals surface area contributed by atoms with Gasteiger partial charge in [-0.2, -0.15) is 0 Å². The zero-order chi connectivity index (χ0) is 13.6. The van der Waals surface area contributed by atoms with Crippen LogP contribution in [-0.4, -0.2) is 57.0 Å². The smallest absolute Gasteiger partial charge is 0.148 e. The summed E-state index contributed by atoms with van der Waals surface area (Å²) in [4.78, 5) is 7.70. The third kappa shape index (κ3) is 6.44. The molecule has 0 radical (unpaired) electrons. The fourth-order valence-electron chi connectivity index (χ4n) is 1.45. The summed E-state index contributed by atoms with van der Waals surface area (Å²) in [6.45, 7) is 5.12. The average molecular weight is 291 g/mol. The highest BCUT2D eigenvalue weighted by atomic mass is 32.2. The molecule has 0 saturated heterocycles. The van der Waals surface area contributed by atoms with Crippen molar-refractivity contribution in [2.45, 2.75) is 13.5 Å². The van der Waals surface area contributed by atoms with E-state index in [1.165, 1.54) is 11.1 Å². The van der Waals surface area contributed by atoms with E-state index in [1.54, 1.807) is 11.3 Å². The van der Waals surface area contributed by atoms with Crippen LogP contribution in [-0.2, 0) is 16.4 Å². The number of hydrogen-bond donors (Lipinski definition) is 1. The molecule has 0 amide bonds. The van der Waals surface area contributed by atoms with Crippen LogP contribution >= 0.6 is 11.3 Å². The Balaban J connectivity index is 2.14. The monoisotopic (exact) mass is 291 g/mol. The molecule has 0 atom stereocenters. The fraction of sp³-hybridized carbons (Fsp3) is 0.727. The molecule has 0 fully saturated rings. The summed E-state index contributed by atoms with van der Waals surface area (Å²) >= 11 is 1.67. The predicted molar refractivity (Wildman–Crippen MR) is 75.8 cm³/mol. The van der Waals surface area contributed by atoms with Gasteiger partial charge >= 0.3 is 0 Å². The van der Waals surface area contributed by atoms with Crippen molar-refractivity contribution in [3.8, 4) is 0 Å². The molecule has 104 valence electrons. The molecule has 1 N–H and O–H groups in total. The van der Waals surface area contributed by atoms with Crippen LogP contribution in [0.1, 0.15) is 10.6 Å². The molecule has 0 aliphatic heterocycles. The number of hydrogen-bond acceptors (Lipinski definition) is 6. The molecule has 18 heavy (non-hydrogen) atoms. The van der Waals surface area contributed by atoms with Gasteiger partial charge in [-0.1, -0.05) is 0 Å². The molecule has 0 aromatic carbocycles. The summed E-state index contributed by atoms with van der Waals surface area (Å²) < 4.78 is 21.8. The van der Waals surface area contributed by atoms with Crippen molar-refractivity contribution in [1.29, 1.82) is 0 Å². The second-order valence-corrected chi connectivity index (χ2v) is 7.68. The molecule has 1 heterocycles. The highest BCUT2D eigenvalue weighted by Gasteiger charge is 2.05. The second kappa shape index (κ2) is 7.18. The lowest BCUT2D eigenvalue weighted by molar-refractivity contribution is 0.327. The highest BCUT2D eigenvalue weighted by Crippen LogP contribution is 2.13. The van der Waals surface area contributed by atoms with E-state index in [0.29, 0.717) is 6.54 Å². The van der Waals surface area contributed by atoms with Crippen LogP contribution in [0.2, 0.25) is 0 Å². The van der Waals surface area contributed by atoms with Gasteiger partial charge in [0.25, 0.3) is 0 Å². The SMILES string of the molecule is Cc1ncsc1CN(C)CCNCCS(C)(=O)=O. The first-order valence-corrected chi connectivity index (χ1v) is 8.78. The first-order valence-electron chi connectivity index (χ1n) is 5.84. The number of aryl methyl sites for hydroxylation is 1. The number of sulfone groups is 1. The van der Waals surface area contributed by atoms with E-state index in [-0.39, 0.29) is 5.75 Å². The third-order valence-corrected chi connectivity index (χ3v) is 4.44. The number of nitrogens with one attached hydrogen (secondary N) is 1. The Hall–Kier alpha value is -0.500. The van der Waals surface area contributed by atoms with E-state index < -0.39 is 9.84 Å². The molecule has 0 bridgehead atoms. The Morgan fingerprint density at radius 3 is 2.72 bits per heavy atom. The lowest BCUT2D eigenvalue weighted by Gasteiger charge is -2.16. The first kappa shape index (κ1) is 15.6. The third-order valence-electron chi connectivity index (χ3n) is 2.58. The number of aromatic nitrogens is 1. The molecule has 5 nitrogen and oxygen atoms in total. The van der Waals surface area contributed by atoms with Crippen LogP contribution in [0.5, 0.6) is 0 Å². The van der Waals surface area contributed by atoms with Crippen LogP contribution in [0.4, 0.5) is 0 Å². The van der Waals surface area contributed by atoms with E-state index in [4.69, 9.17) is 0 Å². The summed E-state index contributed by atoms with van der Waals surface area (Å²) in [6, 6.07) is 0. The van der Waals surface area contributed by atoms with Crippen molar-refractivity contribution in [2.75, 3.05) is 38.7 Å². The van der Waals surface area contributed by atoms with Gasteiger partial charge in [0.2, 0.25) is 0 Å². The minimum absolute atomic E-state index is 0.199. The molecule has 0 saturated carbocycles. The van der Waals surface area contributed by atoms with Gasteiger partial charge < -0.3 is 5.32 Å². The quantitative estimate of drug-likeness (QED) is 0.708. The molecular formula is C11H21N3O2S2. The van der Waals surface area contributed by atoms with Crippen LogP contribution in [0.15, 0.2) is 5.51 Å². The average Bonchev–Trinajstić information content (AvgIpc) is 2.62. The number of nitrogens with zero attached hydrogens (tertiary/aromatic N) is 2. The maximum atomic E-state index is 10.9. The van der Waals surface area contributed by atoms with E-state index in [2.05, 4.69) is 22.2 Å². The van der Waals surface area contributed by atoms with Crippen molar-refractivity contribution < 1.29 is 8.42 Å². The van der Waals surface area contributed by atoms with E-state index in [1.807, 2.05) is 12.4 Å². The van der Waals surface area contributed by atoms with Gasteiger partial charge in [-0.25, -0.2) is 13.4 Å². The number of thiazole rings is 1. The van der Waals surface area contributed by atoms with Gasteiger partial charge in [0.15, 0.2) is 0 Å². The minimum Gasteiger partial charge on any atom is -0.314 e. The Kier molecular flexibility index (Phi) is 6.20. The Bertz CT molecular complexity index is 457. The summed E-state index contributed by atoms with van der Waals surface area (Å²) in [6.07, 6.45) is 1.26. The lowest BCUT2D eigenvalue weighted by Crippen LogP contribution is -2.31. The molecule has 1 aromatic heterocycles. The zero-order valence-corrected chi connectivity index (χ0v) is 12.8. The highest BCUT2D eigenvalue weighted by molar-refractivity contribution is 7.90. The van der Waals surface area contributed by atoms with E-state index in [9.17, 15) is 8.42 Å². The lowest BCUT2D eigenvalue weighted by atomic mass is 10.3. The Labute approximate surface area is 113 Å². The molecule has 1 rings (SSSR count). The number of rotatable bonds is 8. The summed E-state index contributed by atoms with van der Waals surface area (Å²) in [5, 5.41) is 3.13. The van der Waals surface area contributed by atoms with Crippen molar-refractivity contribution in [2.24, 2.45) is 0 Å². The summed E-state index contributed by atoms with van der Waals surface area (Å²) in [5.41, 5.74) is 2.96. The molecule has 0 spiro atoms. The van der Waals surface area contributed by atoms with E-state index in [0.717, 1.165) is 25.3 Å². The van der Waals surface area contributed by atoms with Crippen LogP contribution < -0.4 is 5.32 Å². The van der Waals surface area contributed by atoms with Gasteiger partial charge in [0.05, 0.1) is 17.0 Å². The summed E-state index contributed by atoms with van der Waals surface area (Å²) in [5.74, 6) is 0.199. The topological polar surface area (TPSA) is 62.3 Å². The van der Waals surface area contributed by atoms with Gasteiger partial charge in [-0.3, -0.25) is 4.90 Å². The van der Waals surface area contributed by atoms with Crippen molar-refractivity contribution >= 4 is 21.2 Å². The Morgan fingerprint density at radius 2 is 2.17 bits per heavy atom. The normalized spacial score (nSPS) is 12.2. The molecule has 0 aliphatic rings. The van der Waals surface area contributed by atoms with Crippen molar-refractivity contribution in [1.82, 2.24) is 15.2 Å². The van der Waals surface area contributed by atoms with Crippen LogP contribution in [0.3, 0.4) is 0 Å². The predicted octanol–water partition coefficient (Wildman–Crippen LogP) is 0.518. The minimum atomic E-state index is -2.85. The van der Waals surface area contributed by atoms with Gasteiger partial charge in [0.1, 0.15) is 9.84 Å². The zero-order valence-electron chi connectivity index (χ0n) is 11.1. The maximum Gasteiger partial charge on any atom is 0.148 e. The standard InChI is InChI=1S/C11H21N3O2S2/c1-10-11(17-9-13-10)8-14(2)6-4-12-5-7-18(3,15)16/h9,12H,4-8H2,1-3H3.